The molecule has 0 spiro atoms. The van der Waals surface area contributed by atoms with E-state index in [-0.39, 0.29) is 33.9 Å². The van der Waals surface area contributed by atoms with Crippen molar-refractivity contribution in [3.05, 3.63) is 144 Å². The lowest BCUT2D eigenvalue weighted by molar-refractivity contribution is -0.282. The Labute approximate surface area is 298 Å². The van der Waals surface area contributed by atoms with Crippen molar-refractivity contribution in [3.63, 3.8) is 0 Å². The number of hydrogen-bond donors (Lipinski definition) is 0. The van der Waals surface area contributed by atoms with E-state index in [0.29, 0.717) is 0 Å². The van der Waals surface area contributed by atoms with Crippen LogP contribution < -0.4 is 0 Å². The first-order valence-corrected chi connectivity index (χ1v) is 19.6. The van der Waals surface area contributed by atoms with Crippen LogP contribution in [0.2, 0.25) is 18.1 Å². The summed E-state index contributed by atoms with van der Waals surface area (Å²) in [6, 6.07) is 32.8. The van der Waals surface area contributed by atoms with Gasteiger partial charge in [0, 0.05) is 0 Å². The van der Waals surface area contributed by atoms with E-state index in [1.165, 1.54) is 0 Å². The lowest BCUT2D eigenvalue weighted by atomic mass is 9.97. The summed E-state index contributed by atoms with van der Waals surface area (Å²) < 4.78 is 37.1. The molecule has 11 heteroatoms. The number of rotatable bonds is 11. The van der Waals surface area contributed by atoms with Gasteiger partial charge in [0.05, 0.1) is 28.9 Å². The second-order valence-electron chi connectivity index (χ2n) is 13.6. The zero-order valence-corrected chi connectivity index (χ0v) is 30.2. The van der Waals surface area contributed by atoms with Crippen LogP contribution in [0.15, 0.2) is 121 Å². The number of ether oxygens (including phenoxy) is 5. The van der Waals surface area contributed by atoms with Crippen molar-refractivity contribution in [2.75, 3.05) is 6.61 Å². The third-order valence-electron chi connectivity index (χ3n) is 9.00. The van der Waals surface area contributed by atoms with Crippen molar-refractivity contribution in [1.29, 1.82) is 0 Å². The van der Waals surface area contributed by atoms with Gasteiger partial charge in [-0.1, -0.05) is 93.6 Å². The van der Waals surface area contributed by atoms with Gasteiger partial charge < -0.3 is 28.1 Å². The van der Waals surface area contributed by atoms with Crippen molar-refractivity contribution in [3.8, 4) is 0 Å². The van der Waals surface area contributed by atoms with E-state index in [2.05, 4.69) is 20.8 Å². The van der Waals surface area contributed by atoms with Gasteiger partial charge in [0.2, 0.25) is 12.4 Å². The monoisotopic (exact) mass is 710 g/mol. The second-order valence-corrected chi connectivity index (χ2v) is 18.4. The lowest BCUT2D eigenvalue weighted by Gasteiger charge is -2.45. The van der Waals surface area contributed by atoms with Gasteiger partial charge in [0.25, 0.3) is 0 Å². The maximum atomic E-state index is 13.7. The summed E-state index contributed by atoms with van der Waals surface area (Å²) in [5.74, 6) is -3.12. The van der Waals surface area contributed by atoms with Crippen LogP contribution in [0.25, 0.3) is 0 Å². The quantitative estimate of drug-likeness (QED) is 0.0892. The highest BCUT2D eigenvalue weighted by Gasteiger charge is 2.55. The van der Waals surface area contributed by atoms with E-state index in [1.54, 1.807) is 121 Å². The summed E-state index contributed by atoms with van der Waals surface area (Å²) in [4.78, 5) is 54.5. The Morgan fingerprint density at radius 3 is 1.24 bits per heavy atom. The summed E-state index contributed by atoms with van der Waals surface area (Å²) in [5.41, 5.74) is 0.807. The molecule has 0 bridgehead atoms. The van der Waals surface area contributed by atoms with Gasteiger partial charge in [0.15, 0.2) is 20.5 Å². The Morgan fingerprint density at radius 1 is 0.529 bits per heavy atom. The van der Waals surface area contributed by atoms with Gasteiger partial charge in [-0.05, 0) is 66.7 Å². The van der Waals surface area contributed by atoms with Gasteiger partial charge >= 0.3 is 23.9 Å². The van der Waals surface area contributed by atoms with Crippen LogP contribution in [-0.4, -0.2) is 69.5 Å². The molecule has 1 heterocycles. The van der Waals surface area contributed by atoms with Crippen LogP contribution in [0.5, 0.6) is 0 Å². The Hall–Kier alpha value is -5.10. The normalized spacial score (nSPS) is 20.5. The highest BCUT2D eigenvalue weighted by molar-refractivity contribution is 6.74. The number of esters is 4. The Bertz CT molecular complexity index is 1780. The highest BCUT2D eigenvalue weighted by atomic mass is 28.4. The Morgan fingerprint density at radius 2 is 0.863 bits per heavy atom. The minimum atomic E-state index is -2.44. The minimum Gasteiger partial charge on any atom is -0.452 e. The van der Waals surface area contributed by atoms with E-state index < -0.39 is 62.9 Å². The summed E-state index contributed by atoms with van der Waals surface area (Å²) in [6.45, 7) is 10.2. The molecule has 4 aromatic rings. The molecule has 0 aromatic heterocycles. The molecule has 0 aliphatic carbocycles. The average Bonchev–Trinajstić information content (AvgIpc) is 3.13. The maximum absolute atomic E-state index is 13.7. The first-order valence-electron chi connectivity index (χ1n) is 16.7. The van der Waals surface area contributed by atoms with Crippen LogP contribution in [0, 0.1) is 0 Å². The standard InChI is InChI=1S/C40H42O10Si/c1-40(2,3)51(4,5)45-26-31-32(47-35(41)27-18-10-6-11-19-27)33(48-36(42)28-20-12-7-13-21-28)34(49-37(43)29-22-14-8-15-23-29)39(46-31)50-38(44)30-24-16-9-17-25-30/h6-25,31-34,39H,26H2,1-5H3/t31?,32-,33-,34?,39+/m1/s1. The number of carbonyl (C=O) groups is 4. The van der Waals surface area contributed by atoms with Gasteiger partial charge in [-0.3, -0.25) is 0 Å². The second kappa shape index (κ2) is 16.3. The topological polar surface area (TPSA) is 124 Å². The number of carbonyl (C=O) groups excluding carboxylic acids is 4. The Kier molecular flexibility index (Phi) is 11.9. The van der Waals surface area contributed by atoms with Crippen molar-refractivity contribution < 1.29 is 47.3 Å². The van der Waals surface area contributed by atoms with Crippen molar-refractivity contribution in [1.82, 2.24) is 0 Å². The lowest BCUT2D eigenvalue weighted by Crippen LogP contribution is -2.63. The number of benzene rings is 4. The zero-order valence-electron chi connectivity index (χ0n) is 29.2. The highest BCUT2D eigenvalue weighted by Crippen LogP contribution is 2.38. The van der Waals surface area contributed by atoms with E-state index in [9.17, 15) is 19.2 Å². The summed E-state index contributed by atoms with van der Waals surface area (Å²) >= 11 is 0. The first kappa shape index (κ1) is 37.2. The van der Waals surface area contributed by atoms with Gasteiger partial charge in [-0.25, -0.2) is 19.2 Å². The number of hydrogen-bond acceptors (Lipinski definition) is 10. The third kappa shape index (κ3) is 9.37. The molecule has 0 N–H and O–H groups in total. The van der Waals surface area contributed by atoms with Crippen molar-refractivity contribution >= 4 is 32.2 Å². The van der Waals surface area contributed by atoms with E-state index in [1.807, 2.05) is 13.1 Å². The van der Waals surface area contributed by atoms with Crippen LogP contribution in [0.4, 0.5) is 0 Å². The summed E-state index contributed by atoms with van der Waals surface area (Å²) in [6.07, 6.45) is -7.24. The van der Waals surface area contributed by atoms with Crippen LogP contribution in [-0.2, 0) is 28.1 Å². The van der Waals surface area contributed by atoms with E-state index in [0.717, 1.165) is 0 Å². The molecule has 51 heavy (non-hydrogen) atoms. The molecule has 4 aromatic carbocycles. The molecule has 1 saturated heterocycles. The fourth-order valence-corrected chi connectivity index (χ4v) is 6.08. The minimum absolute atomic E-state index is 0.124. The van der Waals surface area contributed by atoms with Crippen molar-refractivity contribution in [2.45, 2.75) is 69.6 Å². The fraction of sp³-hybridized carbons (Fsp3) is 0.300. The average molecular weight is 711 g/mol. The molecule has 266 valence electrons. The molecule has 1 aliphatic rings. The molecule has 0 amide bonds. The van der Waals surface area contributed by atoms with E-state index in [4.69, 9.17) is 28.1 Å². The SMILES string of the molecule is CC(C)(C)[Si](C)(C)OCC1O[C@@H](OC(=O)c2ccccc2)C(OC(=O)c2ccccc2)[C@H](OC(=O)c2ccccc2)[C@@H]1OC(=O)c1ccccc1. The largest absolute Gasteiger partial charge is 0.452 e. The third-order valence-corrected chi connectivity index (χ3v) is 13.5. The summed E-state index contributed by atoms with van der Waals surface area (Å²) in [7, 11) is -2.44. The smallest absolute Gasteiger partial charge is 0.340 e. The molecule has 5 rings (SSSR count). The van der Waals surface area contributed by atoms with Crippen LogP contribution in [0.3, 0.4) is 0 Å². The molecule has 0 saturated carbocycles. The Balaban J connectivity index is 1.60. The molecule has 1 fully saturated rings. The van der Waals surface area contributed by atoms with Crippen LogP contribution in [0.1, 0.15) is 62.2 Å². The molecule has 1 aliphatic heterocycles. The first-order chi connectivity index (χ1) is 24.3. The van der Waals surface area contributed by atoms with Gasteiger partial charge in [0.1, 0.15) is 6.10 Å². The predicted molar refractivity (Wildman–Crippen MR) is 191 cm³/mol. The molecule has 10 nitrogen and oxygen atoms in total. The predicted octanol–water partition coefficient (Wildman–Crippen LogP) is 7.27. The zero-order chi connectivity index (χ0) is 36.6. The van der Waals surface area contributed by atoms with Gasteiger partial charge in [-0.2, -0.15) is 0 Å². The van der Waals surface area contributed by atoms with Gasteiger partial charge in [-0.15, -0.1) is 0 Å². The molecule has 0 radical (unpaired) electrons. The maximum Gasteiger partial charge on any atom is 0.340 e. The van der Waals surface area contributed by atoms with Crippen LogP contribution >= 0.6 is 0 Å². The van der Waals surface area contributed by atoms with Crippen molar-refractivity contribution in [2.24, 2.45) is 0 Å². The van der Waals surface area contributed by atoms with E-state index >= 15 is 0 Å². The molecule has 5 atom stereocenters. The fourth-order valence-electron chi connectivity index (χ4n) is 5.06. The molecular weight excluding hydrogens is 669 g/mol. The molecular formula is C40H42O10Si. The summed E-state index contributed by atoms with van der Waals surface area (Å²) in [5, 5.41) is -0.204. The molecule has 2 unspecified atom stereocenters.